The second-order valence-electron chi connectivity index (χ2n) is 4.56. The summed E-state index contributed by atoms with van der Waals surface area (Å²) in [6, 6.07) is 5.13. The highest BCUT2D eigenvalue weighted by atomic mass is 35.5. The Hall–Kier alpha value is -0.810. The van der Waals surface area contributed by atoms with Crippen molar-refractivity contribution < 1.29 is 9.53 Å². The van der Waals surface area contributed by atoms with Crippen LogP contribution in [0.5, 0.6) is 0 Å². The first-order chi connectivity index (χ1) is 9.06. The average Bonchev–Trinajstić information content (AvgIpc) is 2.34. The quantitative estimate of drug-likeness (QED) is 0.933. The lowest BCUT2D eigenvalue weighted by molar-refractivity contribution is -0.119. The molecule has 0 aromatic heterocycles. The van der Waals surface area contributed by atoms with Crippen LogP contribution in [0.4, 0.5) is 5.69 Å². The molecule has 104 valence electrons. The molecule has 1 unspecified atom stereocenters. The van der Waals surface area contributed by atoms with Gasteiger partial charge in [0.2, 0.25) is 5.91 Å². The molecule has 4 nitrogen and oxygen atoms in total. The third kappa shape index (κ3) is 4.08. The standard InChI is InChI=1S/C13H16Cl2N2O2/c1-9-7-17(5-6-19-9)8-12(18)16-13-10(14)3-2-4-11(13)15/h2-4,9H,5-8H2,1H3,(H,16,18). The zero-order valence-electron chi connectivity index (χ0n) is 10.7. The van der Waals surface area contributed by atoms with Crippen LogP contribution in [0.3, 0.4) is 0 Å². The molecule has 1 aromatic rings. The van der Waals surface area contributed by atoms with Crippen molar-refractivity contribution in [3.63, 3.8) is 0 Å². The molecule has 0 saturated carbocycles. The normalized spacial score (nSPS) is 20.3. The zero-order valence-corrected chi connectivity index (χ0v) is 12.2. The SMILES string of the molecule is CC1CN(CC(=O)Nc2c(Cl)cccc2Cl)CCO1. The van der Waals surface area contributed by atoms with Gasteiger partial charge in [0.1, 0.15) is 0 Å². The summed E-state index contributed by atoms with van der Waals surface area (Å²) in [5, 5.41) is 3.64. The minimum atomic E-state index is -0.121. The van der Waals surface area contributed by atoms with Crippen molar-refractivity contribution in [3.05, 3.63) is 28.2 Å². The molecule has 1 amide bonds. The fourth-order valence-corrected chi connectivity index (χ4v) is 2.53. The highest BCUT2D eigenvalue weighted by Crippen LogP contribution is 2.29. The molecule has 1 N–H and O–H groups in total. The van der Waals surface area contributed by atoms with E-state index in [1.54, 1.807) is 18.2 Å². The molecule has 1 fully saturated rings. The van der Waals surface area contributed by atoms with Crippen LogP contribution >= 0.6 is 23.2 Å². The predicted molar refractivity (Wildman–Crippen MR) is 76.9 cm³/mol. The largest absolute Gasteiger partial charge is 0.376 e. The summed E-state index contributed by atoms with van der Waals surface area (Å²) < 4.78 is 5.43. The van der Waals surface area contributed by atoms with Gasteiger partial charge in [-0.2, -0.15) is 0 Å². The third-order valence-electron chi connectivity index (χ3n) is 2.92. The maximum Gasteiger partial charge on any atom is 0.238 e. The molecular formula is C13H16Cl2N2O2. The maximum absolute atomic E-state index is 12.0. The second kappa shape index (κ2) is 6.57. The first-order valence-corrected chi connectivity index (χ1v) is 6.89. The molecule has 0 bridgehead atoms. The van der Waals surface area contributed by atoms with Crippen LogP contribution in [0.25, 0.3) is 0 Å². The molecule has 6 heteroatoms. The smallest absolute Gasteiger partial charge is 0.238 e. The number of ether oxygens (including phenoxy) is 1. The lowest BCUT2D eigenvalue weighted by Gasteiger charge is -2.30. The Morgan fingerprint density at radius 2 is 2.16 bits per heavy atom. The van der Waals surface area contributed by atoms with Crippen LogP contribution < -0.4 is 5.32 Å². The van der Waals surface area contributed by atoms with E-state index in [1.807, 2.05) is 11.8 Å². The van der Waals surface area contributed by atoms with E-state index in [9.17, 15) is 4.79 Å². The van der Waals surface area contributed by atoms with E-state index in [-0.39, 0.29) is 12.0 Å². The summed E-state index contributed by atoms with van der Waals surface area (Å²) in [4.78, 5) is 14.0. The first kappa shape index (κ1) is 14.6. The fourth-order valence-electron chi connectivity index (χ4n) is 2.03. The number of morpholine rings is 1. The van der Waals surface area contributed by atoms with Gasteiger partial charge in [-0.15, -0.1) is 0 Å². The minimum absolute atomic E-state index is 0.121. The van der Waals surface area contributed by atoms with E-state index in [2.05, 4.69) is 5.32 Å². The lowest BCUT2D eigenvalue weighted by atomic mass is 10.3. The minimum Gasteiger partial charge on any atom is -0.376 e. The number of benzene rings is 1. The van der Waals surface area contributed by atoms with Gasteiger partial charge in [-0.05, 0) is 19.1 Å². The van der Waals surface area contributed by atoms with Crippen LogP contribution in [0.1, 0.15) is 6.92 Å². The van der Waals surface area contributed by atoms with E-state index in [4.69, 9.17) is 27.9 Å². The van der Waals surface area contributed by atoms with Crippen molar-refractivity contribution in [1.29, 1.82) is 0 Å². The van der Waals surface area contributed by atoms with Crippen LogP contribution in [0, 0.1) is 0 Å². The van der Waals surface area contributed by atoms with E-state index < -0.39 is 0 Å². The summed E-state index contributed by atoms with van der Waals surface area (Å²) in [5.74, 6) is -0.121. The number of para-hydroxylation sites is 1. The second-order valence-corrected chi connectivity index (χ2v) is 5.38. The molecule has 1 heterocycles. The highest BCUT2D eigenvalue weighted by Gasteiger charge is 2.19. The van der Waals surface area contributed by atoms with Gasteiger partial charge < -0.3 is 10.1 Å². The summed E-state index contributed by atoms with van der Waals surface area (Å²) in [7, 11) is 0. The molecular weight excluding hydrogens is 287 g/mol. The summed E-state index contributed by atoms with van der Waals surface area (Å²) in [6.45, 7) is 4.48. The molecule has 1 aromatic carbocycles. The lowest BCUT2D eigenvalue weighted by Crippen LogP contribution is -2.44. The van der Waals surface area contributed by atoms with Gasteiger partial charge in [0.15, 0.2) is 0 Å². The van der Waals surface area contributed by atoms with Gasteiger partial charge in [0.25, 0.3) is 0 Å². The Labute approximate surface area is 122 Å². The molecule has 0 radical (unpaired) electrons. The van der Waals surface area contributed by atoms with E-state index in [0.717, 1.165) is 13.1 Å². The number of rotatable bonds is 3. The Balaban J connectivity index is 1.94. The number of hydrogen-bond acceptors (Lipinski definition) is 3. The van der Waals surface area contributed by atoms with Gasteiger partial charge >= 0.3 is 0 Å². The van der Waals surface area contributed by atoms with Crippen molar-refractivity contribution in [1.82, 2.24) is 4.90 Å². The molecule has 1 saturated heterocycles. The Morgan fingerprint density at radius 1 is 1.47 bits per heavy atom. The van der Waals surface area contributed by atoms with Gasteiger partial charge in [-0.25, -0.2) is 0 Å². The fraction of sp³-hybridized carbons (Fsp3) is 0.462. The molecule has 1 aliphatic rings. The number of hydrogen-bond donors (Lipinski definition) is 1. The number of nitrogens with zero attached hydrogens (tertiary/aromatic N) is 1. The highest BCUT2D eigenvalue weighted by molar-refractivity contribution is 6.39. The summed E-state index contributed by atoms with van der Waals surface area (Å²) >= 11 is 12.0. The van der Waals surface area contributed by atoms with Crippen molar-refractivity contribution >= 4 is 34.8 Å². The number of amides is 1. The molecule has 0 spiro atoms. The molecule has 1 atom stereocenters. The van der Waals surface area contributed by atoms with Gasteiger partial charge in [0.05, 0.1) is 35.0 Å². The first-order valence-electron chi connectivity index (χ1n) is 6.14. The topological polar surface area (TPSA) is 41.6 Å². The van der Waals surface area contributed by atoms with Gasteiger partial charge in [-0.1, -0.05) is 29.3 Å². The number of carbonyl (C=O) groups is 1. The van der Waals surface area contributed by atoms with E-state index >= 15 is 0 Å². The average molecular weight is 303 g/mol. The Kier molecular flexibility index (Phi) is 5.05. The maximum atomic E-state index is 12.0. The number of nitrogens with one attached hydrogen (secondary N) is 1. The van der Waals surface area contributed by atoms with Crippen LogP contribution in [0.15, 0.2) is 18.2 Å². The number of halogens is 2. The van der Waals surface area contributed by atoms with Crippen molar-refractivity contribution in [3.8, 4) is 0 Å². The molecule has 1 aliphatic heterocycles. The number of anilines is 1. The van der Waals surface area contributed by atoms with Gasteiger partial charge in [0, 0.05) is 13.1 Å². The summed E-state index contributed by atoms with van der Waals surface area (Å²) in [6.07, 6.45) is 0.158. The Bertz CT molecular complexity index is 448. The van der Waals surface area contributed by atoms with E-state index in [0.29, 0.717) is 28.9 Å². The molecule has 19 heavy (non-hydrogen) atoms. The van der Waals surface area contributed by atoms with Crippen LogP contribution in [-0.2, 0) is 9.53 Å². The Morgan fingerprint density at radius 3 is 2.79 bits per heavy atom. The summed E-state index contributed by atoms with van der Waals surface area (Å²) in [5.41, 5.74) is 0.470. The van der Waals surface area contributed by atoms with Crippen molar-refractivity contribution in [2.24, 2.45) is 0 Å². The third-order valence-corrected chi connectivity index (χ3v) is 3.55. The monoisotopic (exact) mass is 302 g/mol. The van der Waals surface area contributed by atoms with Crippen LogP contribution in [-0.4, -0.2) is 43.2 Å². The zero-order chi connectivity index (χ0) is 13.8. The number of carbonyl (C=O) groups excluding carboxylic acids is 1. The predicted octanol–water partition coefficient (Wildman–Crippen LogP) is 2.65. The van der Waals surface area contributed by atoms with Crippen molar-refractivity contribution in [2.75, 3.05) is 31.6 Å². The van der Waals surface area contributed by atoms with Crippen molar-refractivity contribution in [2.45, 2.75) is 13.0 Å². The van der Waals surface area contributed by atoms with E-state index in [1.165, 1.54) is 0 Å². The molecule has 2 rings (SSSR count). The van der Waals surface area contributed by atoms with Crippen LogP contribution in [0.2, 0.25) is 10.0 Å². The van der Waals surface area contributed by atoms with Gasteiger partial charge in [-0.3, -0.25) is 9.69 Å². The molecule has 0 aliphatic carbocycles.